The van der Waals surface area contributed by atoms with Gasteiger partial charge in [0.15, 0.2) is 0 Å². The second-order valence-corrected chi connectivity index (χ2v) is 3.44. The Morgan fingerprint density at radius 1 is 1.50 bits per heavy atom. The Morgan fingerprint density at radius 3 is 2.71 bits per heavy atom. The molecule has 1 aromatic heterocycles. The molecule has 1 N–H and O–H groups in total. The van der Waals surface area contributed by atoms with Gasteiger partial charge in [-0.1, -0.05) is 0 Å². The largest absolute Gasteiger partial charge is 0.466 e. The first kappa shape index (κ1) is 10.8. The van der Waals surface area contributed by atoms with Crippen molar-refractivity contribution in [3.63, 3.8) is 0 Å². The van der Waals surface area contributed by atoms with Gasteiger partial charge in [0.05, 0.1) is 0 Å². The number of carbonyl (C=O) groups is 1. The number of amides is 1. The molecule has 1 aromatic rings. The van der Waals surface area contributed by atoms with Gasteiger partial charge >= 0.3 is 0 Å². The average Bonchev–Trinajstić information content (AvgIpc) is 2.47. The second kappa shape index (κ2) is 4.81. The molecule has 0 spiro atoms. The number of hydrazine groups is 1. The van der Waals surface area contributed by atoms with Gasteiger partial charge in [-0.3, -0.25) is 10.2 Å². The smallest absolute Gasteiger partial charge is 0.234 e. The van der Waals surface area contributed by atoms with Crippen molar-refractivity contribution in [2.24, 2.45) is 0 Å². The highest BCUT2D eigenvalue weighted by Gasteiger charge is 2.04. The Morgan fingerprint density at radius 2 is 2.21 bits per heavy atom. The minimum Gasteiger partial charge on any atom is -0.466 e. The third-order valence-electron chi connectivity index (χ3n) is 1.74. The van der Waals surface area contributed by atoms with Crippen LogP contribution in [0.25, 0.3) is 0 Å². The lowest BCUT2D eigenvalue weighted by Crippen LogP contribution is -2.36. The van der Waals surface area contributed by atoms with E-state index in [1.807, 2.05) is 19.1 Å². The molecule has 1 heterocycles. The molecule has 0 radical (unpaired) electrons. The summed E-state index contributed by atoms with van der Waals surface area (Å²) in [6.07, 6.45) is 1.10. The zero-order valence-electron chi connectivity index (χ0n) is 8.83. The lowest BCUT2D eigenvalue weighted by molar-refractivity contribution is -0.124. The molecule has 0 atom stereocenters. The van der Waals surface area contributed by atoms with Gasteiger partial charge in [-0.05, 0) is 19.1 Å². The number of nitrogens with one attached hydrogen (secondary N) is 1. The van der Waals surface area contributed by atoms with Gasteiger partial charge in [0.1, 0.15) is 11.5 Å². The van der Waals surface area contributed by atoms with E-state index < -0.39 is 0 Å². The lowest BCUT2D eigenvalue weighted by Gasteiger charge is -2.10. The molecule has 0 aliphatic heterocycles. The van der Waals surface area contributed by atoms with E-state index >= 15 is 0 Å². The van der Waals surface area contributed by atoms with Gasteiger partial charge < -0.3 is 4.42 Å². The maximum atomic E-state index is 11.2. The van der Waals surface area contributed by atoms with Gasteiger partial charge in [0.25, 0.3) is 0 Å². The van der Waals surface area contributed by atoms with E-state index in [9.17, 15) is 4.79 Å². The van der Waals surface area contributed by atoms with Crippen LogP contribution >= 0.6 is 0 Å². The van der Waals surface area contributed by atoms with Crippen LogP contribution in [-0.2, 0) is 11.2 Å². The van der Waals surface area contributed by atoms with Crippen LogP contribution in [0.2, 0.25) is 0 Å². The molecular weight excluding hydrogens is 180 g/mol. The summed E-state index contributed by atoms with van der Waals surface area (Å²) in [6.45, 7) is 1.89. The molecule has 0 aliphatic carbocycles. The molecule has 14 heavy (non-hydrogen) atoms. The maximum Gasteiger partial charge on any atom is 0.234 e. The van der Waals surface area contributed by atoms with Crippen molar-refractivity contribution in [2.75, 3.05) is 14.1 Å². The molecule has 0 saturated carbocycles. The number of carbonyl (C=O) groups excluding carboxylic acids is 1. The molecule has 0 saturated heterocycles. The molecule has 0 fully saturated rings. The Kier molecular flexibility index (Phi) is 3.71. The Balaban J connectivity index is 2.30. The Bertz CT molecular complexity index is 305. The molecule has 1 amide bonds. The maximum absolute atomic E-state index is 11.2. The quantitative estimate of drug-likeness (QED) is 0.734. The third kappa shape index (κ3) is 3.62. The minimum absolute atomic E-state index is 0.00375. The number of nitrogens with zero attached hydrogens (tertiary/aromatic N) is 1. The second-order valence-electron chi connectivity index (χ2n) is 3.44. The van der Waals surface area contributed by atoms with E-state index in [4.69, 9.17) is 4.42 Å². The zero-order chi connectivity index (χ0) is 10.6. The highest BCUT2D eigenvalue weighted by Crippen LogP contribution is 2.08. The number of hydrogen-bond donors (Lipinski definition) is 1. The van der Waals surface area contributed by atoms with Crippen LogP contribution in [0.5, 0.6) is 0 Å². The van der Waals surface area contributed by atoms with E-state index in [2.05, 4.69) is 5.43 Å². The fourth-order valence-corrected chi connectivity index (χ4v) is 1.16. The van der Waals surface area contributed by atoms with Crippen LogP contribution in [0.1, 0.15) is 17.9 Å². The van der Waals surface area contributed by atoms with Crippen LogP contribution in [0.3, 0.4) is 0 Å². The number of hydrogen-bond acceptors (Lipinski definition) is 3. The first-order chi connectivity index (χ1) is 6.58. The molecule has 1 rings (SSSR count). The molecule has 0 bridgehead atoms. The molecule has 4 nitrogen and oxygen atoms in total. The number of aryl methyl sites for hydroxylation is 2. The summed E-state index contributed by atoms with van der Waals surface area (Å²) >= 11 is 0. The van der Waals surface area contributed by atoms with Crippen LogP contribution < -0.4 is 5.43 Å². The first-order valence-electron chi connectivity index (χ1n) is 4.60. The highest BCUT2D eigenvalue weighted by molar-refractivity contribution is 5.75. The Hall–Kier alpha value is -1.29. The topological polar surface area (TPSA) is 45.5 Å². The van der Waals surface area contributed by atoms with Gasteiger partial charge in [-0.15, -0.1) is 0 Å². The molecule has 0 aromatic carbocycles. The summed E-state index contributed by atoms with van der Waals surface area (Å²) in [7, 11) is 3.57. The molecule has 78 valence electrons. The molecule has 0 unspecified atom stereocenters. The van der Waals surface area contributed by atoms with E-state index in [0.29, 0.717) is 12.8 Å². The summed E-state index contributed by atoms with van der Waals surface area (Å²) in [5.41, 5.74) is 2.67. The van der Waals surface area contributed by atoms with Crippen molar-refractivity contribution in [1.29, 1.82) is 0 Å². The van der Waals surface area contributed by atoms with E-state index in [-0.39, 0.29) is 5.91 Å². The highest BCUT2D eigenvalue weighted by atomic mass is 16.3. The monoisotopic (exact) mass is 196 g/mol. The van der Waals surface area contributed by atoms with Crippen LogP contribution in [0, 0.1) is 6.92 Å². The first-order valence-corrected chi connectivity index (χ1v) is 4.60. The van der Waals surface area contributed by atoms with E-state index in [1.54, 1.807) is 19.1 Å². The predicted octanol–water partition coefficient (Wildman–Crippen LogP) is 1.11. The standard InChI is InChI=1S/C10H16N2O2/c1-8-4-5-9(14-8)6-7-10(13)11-12(2)3/h4-5H,6-7H2,1-3H3,(H,11,13). The van der Waals surface area contributed by atoms with Crippen molar-refractivity contribution in [3.8, 4) is 0 Å². The van der Waals surface area contributed by atoms with Crippen molar-refractivity contribution in [3.05, 3.63) is 23.7 Å². The summed E-state index contributed by atoms with van der Waals surface area (Å²) in [6, 6.07) is 3.80. The molecule has 4 heteroatoms. The predicted molar refractivity (Wildman–Crippen MR) is 53.6 cm³/mol. The third-order valence-corrected chi connectivity index (χ3v) is 1.74. The minimum atomic E-state index is 0.00375. The summed E-state index contributed by atoms with van der Waals surface area (Å²) in [5.74, 6) is 1.74. The summed E-state index contributed by atoms with van der Waals surface area (Å²) < 4.78 is 5.35. The lowest BCUT2D eigenvalue weighted by atomic mass is 10.2. The van der Waals surface area contributed by atoms with Crippen LogP contribution in [0.4, 0.5) is 0 Å². The number of rotatable bonds is 4. The van der Waals surface area contributed by atoms with Crippen molar-refractivity contribution in [2.45, 2.75) is 19.8 Å². The number of furan rings is 1. The SMILES string of the molecule is Cc1ccc(CCC(=O)NN(C)C)o1. The van der Waals surface area contributed by atoms with Crippen LogP contribution in [0.15, 0.2) is 16.5 Å². The van der Waals surface area contributed by atoms with Gasteiger partial charge in [-0.25, -0.2) is 5.01 Å². The normalized spacial score (nSPS) is 10.6. The zero-order valence-corrected chi connectivity index (χ0v) is 8.83. The molecule has 0 aliphatic rings. The van der Waals surface area contributed by atoms with Crippen molar-refractivity contribution >= 4 is 5.91 Å². The van der Waals surface area contributed by atoms with Crippen LogP contribution in [-0.4, -0.2) is 25.0 Å². The Labute approximate surface area is 83.9 Å². The van der Waals surface area contributed by atoms with E-state index in [1.165, 1.54) is 0 Å². The summed E-state index contributed by atoms with van der Waals surface area (Å²) in [5, 5.41) is 1.63. The van der Waals surface area contributed by atoms with Gasteiger partial charge in [0.2, 0.25) is 5.91 Å². The fourth-order valence-electron chi connectivity index (χ4n) is 1.16. The summed E-state index contributed by atoms with van der Waals surface area (Å²) in [4.78, 5) is 11.2. The van der Waals surface area contributed by atoms with Crippen molar-refractivity contribution in [1.82, 2.24) is 10.4 Å². The van der Waals surface area contributed by atoms with Gasteiger partial charge in [0, 0.05) is 26.9 Å². The van der Waals surface area contributed by atoms with E-state index in [0.717, 1.165) is 11.5 Å². The average molecular weight is 196 g/mol. The fraction of sp³-hybridized carbons (Fsp3) is 0.500. The van der Waals surface area contributed by atoms with Crippen molar-refractivity contribution < 1.29 is 9.21 Å². The molecular formula is C10H16N2O2. The van der Waals surface area contributed by atoms with Gasteiger partial charge in [-0.2, -0.15) is 0 Å².